The first kappa shape index (κ1) is 18.3. The van der Waals surface area contributed by atoms with Gasteiger partial charge in [0.25, 0.3) is 0 Å². The summed E-state index contributed by atoms with van der Waals surface area (Å²) in [7, 11) is 0. The normalized spacial score (nSPS) is 12.0. The molecule has 2 N–H and O–H groups in total. The highest BCUT2D eigenvalue weighted by Crippen LogP contribution is 2.20. The van der Waals surface area contributed by atoms with E-state index in [-0.39, 0.29) is 24.3 Å². The van der Waals surface area contributed by atoms with Gasteiger partial charge in [-0.05, 0) is 61.1 Å². The van der Waals surface area contributed by atoms with Crippen molar-refractivity contribution in [1.29, 1.82) is 0 Å². The van der Waals surface area contributed by atoms with Crippen LogP contribution in [0, 0.1) is 10.6 Å². The first-order valence-corrected chi connectivity index (χ1v) is 8.68. The van der Waals surface area contributed by atoms with Gasteiger partial charge in [0, 0.05) is 10.6 Å². The average molecular weight is 391 g/mol. The summed E-state index contributed by atoms with van der Waals surface area (Å²) in [6.45, 7) is 1.79. The van der Waals surface area contributed by atoms with Crippen molar-refractivity contribution in [3.8, 4) is 11.4 Å². The van der Waals surface area contributed by atoms with Crippen molar-refractivity contribution in [1.82, 2.24) is 20.1 Å². The molecule has 0 saturated heterocycles. The zero-order valence-electron chi connectivity index (χ0n) is 13.9. The Hall–Kier alpha value is -2.51. The van der Waals surface area contributed by atoms with E-state index in [1.807, 2.05) is 0 Å². The number of aromatic nitrogens is 3. The standard InChI is InChI=1S/C18H16ClFN4OS/c1-11(13-3-2-4-15(20)9-13)21-16(25)10-24-17(22-23-18(24)26)12-5-7-14(19)8-6-12/h2-9,11H,10H2,1H3,(H,21,25)(H,23,26). The summed E-state index contributed by atoms with van der Waals surface area (Å²) in [5, 5.41) is 10.3. The van der Waals surface area contributed by atoms with Crippen LogP contribution in [0.2, 0.25) is 5.02 Å². The Kier molecular flexibility index (Phi) is 5.49. The lowest BCUT2D eigenvalue weighted by molar-refractivity contribution is -0.122. The number of aromatic amines is 1. The van der Waals surface area contributed by atoms with Crippen LogP contribution >= 0.6 is 23.8 Å². The van der Waals surface area contributed by atoms with Crippen LogP contribution in [0.15, 0.2) is 48.5 Å². The molecule has 0 aliphatic carbocycles. The third kappa shape index (κ3) is 4.17. The molecule has 1 atom stereocenters. The van der Waals surface area contributed by atoms with Gasteiger partial charge in [0.05, 0.1) is 6.04 Å². The van der Waals surface area contributed by atoms with Gasteiger partial charge in [-0.2, -0.15) is 5.10 Å². The number of benzene rings is 2. The van der Waals surface area contributed by atoms with Crippen LogP contribution in [-0.2, 0) is 11.3 Å². The van der Waals surface area contributed by atoms with Crippen molar-refractivity contribution in [2.45, 2.75) is 19.5 Å². The van der Waals surface area contributed by atoms with Crippen LogP contribution in [0.5, 0.6) is 0 Å². The summed E-state index contributed by atoms with van der Waals surface area (Å²) < 4.78 is 15.3. The highest BCUT2D eigenvalue weighted by Gasteiger charge is 2.15. The quantitative estimate of drug-likeness (QED) is 0.639. The van der Waals surface area contributed by atoms with E-state index in [1.54, 1.807) is 47.9 Å². The summed E-state index contributed by atoms with van der Waals surface area (Å²) in [4.78, 5) is 12.4. The molecule has 3 rings (SSSR count). The molecule has 3 aromatic rings. The molecule has 1 aromatic heterocycles. The van der Waals surface area contributed by atoms with Gasteiger partial charge in [-0.25, -0.2) is 4.39 Å². The lowest BCUT2D eigenvalue weighted by Crippen LogP contribution is -2.30. The van der Waals surface area contributed by atoms with E-state index in [4.69, 9.17) is 23.8 Å². The zero-order valence-corrected chi connectivity index (χ0v) is 15.4. The van der Waals surface area contributed by atoms with Crippen molar-refractivity contribution >= 4 is 29.7 Å². The number of amides is 1. The molecule has 0 aliphatic heterocycles. The summed E-state index contributed by atoms with van der Waals surface area (Å²) in [6.07, 6.45) is 0. The van der Waals surface area contributed by atoms with Crippen LogP contribution in [0.3, 0.4) is 0 Å². The van der Waals surface area contributed by atoms with Gasteiger partial charge in [-0.15, -0.1) is 0 Å². The third-order valence-corrected chi connectivity index (χ3v) is 4.45. The van der Waals surface area contributed by atoms with Crippen molar-refractivity contribution < 1.29 is 9.18 Å². The highest BCUT2D eigenvalue weighted by molar-refractivity contribution is 7.71. The Morgan fingerprint density at radius 2 is 2.08 bits per heavy atom. The van der Waals surface area contributed by atoms with Crippen molar-refractivity contribution in [2.75, 3.05) is 0 Å². The molecular weight excluding hydrogens is 375 g/mol. The van der Waals surface area contributed by atoms with Crippen LogP contribution in [0.1, 0.15) is 18.5 Å². The molecule has 0 fully saturated rings. The van der Waals surface area contributed by atoms with E-state index in [0.29, 0.717) is 21.2 Å². The van der Waals surface area contributed by atoms with Gasteiger partial charge < -0.3 is 5.32 Å². The van der Waals surface area contributed by atoms with Gasteiger partial charge in [0.1, 0.15) is 12.4 Å². The molecule has 1 heterocycles. The van der Waals surface area contributed by atoms with E-state index in [2.05, 4.69) is 15.5 Å². The number of hydrogen-bond donors (Lipinski definition) is 2. The molecule has 0 radical (unpaired) electrons. The highest BCUT2D eigenvalue weighted by atomic mass is 35.5. The average Bonchev–Trinajstić information content (AvgIpc) is 2.96. The number of rotatable bonds is 5. The van der Waals surface area contributed by atoms with E-state index in [0.717, 1.165) is 5.56 Å². The van der Waals surface area contributed by atoms with Gasteiger partial charge in [0.15, 0.2) is 10.6 Å². The predicted octanol–water partition coefficient (Wildman–Crippen LogP) is 4.28. The SMILES string of the molecule is CC(NC(=O)Cn1c(-c2ccc(Cl)cc2)n[nH]c1=S)c1cccc(F)c1. The lowest BCUT2D eigenvalue weighted by atomic mass is 10.1. The zero-order chi connectivity index (χ0) is 18.7. The second kappa shape index (κ2) is 7.80. The van der Waals surface area contributed by atoms with Gasteiger partial charge in [-0.1, -0.05) is 23.7 Å². The molecular formula is C18H16ClFN4OS. The van der Waals surface area contributed by atoms with E-state index >= 15 is 0 Å². The summed E-state index contributed by atoms with van der Waals surface area (Å²) >= 11 is 11.1. The number of nitrogens with one attached hydrogen (secondary N) is 2. The number of carbonyl (C=O) groups excluding carboxylic acids is 1. The fourth-order valence-electron chi connectivity index (χ4n) is 2.57. The molecule has 2 aromatic carbocycles. The molecule has 134 valence electrons. The predicted molar refractivity (Wildman–Crippen MR) is 101 cm³/mol. The fraction of sp³-hybridized carbons (Fsp3) is 0.167. The Morgan fingerprint density at radius 3 is 2.77 bits per heavy atom. The maximum absolute atomic E-state index is 13.3. The van der Waals surface area contributed by atoms with Crippen LogP contribution in [0.4, 0.5) is 4.39 Å². The van der Waals surface area contributed by atoms with Crippen molar-refractivity contribution in [3.05, 3.63) is 69.7 Å². The van der Waals surface area contributed by atoms with E-state index in [9.17, 15) is 9.18 Å². The first-order valence-electron chi connectivity index (χ1n) is 7.90. The largest absolute Gasteiger partial charge is 0.348 e. The Labute approximate surface area is 159 Å². The topological polar surface area (TPSA) is 62.7 Å². The molecule has 8 heteroatoms. The molecule has 26 heavy (non-hydrogen) atoms. The Morgan fingerprint density at radius 1 is 1.35 bits per heavy atom. The van der Waals surface area contributed by atoms with Crippen molar-refractivity contribution in [2.24, 2.45) is 0 Å². The molecule has 0 aliphatic rings. The minimum Gasteiger partial charge on any atom is -0.348 e. The number of carbonyl (C=O) groups is 1. The summed E-state index contributed by atoms with van der Waals surface area (Å²) in [5.74, 6) is -0.0552. The van der Waals surface area contributed by atoms with Crippen molar-refractivity contribution in [3.63, 3.8) is 0 Å². The molecule has 0 saturated carbocycles. The summed E-state index contributed by atoms with van der Waals surface area (Å²) in [5.41, 5.74) is 1.47. The van der Waals surface area contributed by atoms with E-state index in [1.165, 1.54) is 12.1 Å². The Balaban J connectivity index is 1.76. The van der Waals surface area contributed by atoms with Gasteiger partial charge in [-0.3, -0.25) is 14.5 Å². The minimum atomic E-state index is -0.342. The number of halogens is 2. The maximum Gasteiger partial charge on any atom is 0.240 e. The molecule has 0 bridgehead atoms. The second-order valence-corrected chi connectivity index (χ2v) is 6.61. The number of H-pyrrole nitrogens is 1. The minimum absolute atomic E-state index is 0.00700. The molecule has 1 amide bonds. The summed E-state index contributed by atoms with van der Waals surface area (Å²) in [6, 6.07) is 12.9. The number of nitrogens with zero attached hydrogens (tertiary/aromatic N) is 2. The van der Waals surface area contributed by atoms with Gasteiger partial charge >= 0.3 is 0 Å². The van der Waals surface area contributed by atoms with E-state index < -0.39 is 0 Å². The third-order valence-electron chi connectivity index (χ3n) is 3.89. The van der Waals surface area contributed by atoms with Crippen LogP contribution in [-0.4, -0.2) is 20.7 Å². The maximum atomic E-state index is 13.3. The van der Waals surface area contributed by atoms with Crippen LogP contribution < -0.4 is 5.32 Å². The lowest BCUT2D eigenvalue weighted by Gasteiger charge is -2.15. The smallest absolute Gasteiger partial charge is 0.240 e. The molecule has 5 nitrogen and oxygen atoms in total. The second-order valence-electron chi connectivity index (χ2n) is 5.79. The Bertz CT molecular complexity index is 983. The van der Waals surface area contributed by atoms with Gasteiger partial charge in [0.2, 0.25) is 5.91 Å². The molecule has 0 spiro atoms. The van der Waals surface area contributed by atoms with Crippen LogP contribution in [0.25, 0.3) is 11.4 Å². The fourth-order valence-corrected chi connectivity index (χ4v) is 2.90. The first-order chi connectivity index (χ1) is 12.4. The monoisotopic (exact) mass is 390 g/mol. The molecule has 1 unspecified atom stereocenters. The number of hydrogen-bond acceptors (Lipinski definition) is 3.